The molecule has 1 heterocycles. The van der Waals surface area contributed by atoms with Crippen molar-refractivity contribution in [2.45, 2.75) is 6.92 Å². The first-order valence-electron chi connectivity index (χ1n) is 5.14. The highest BCUT2D eigenvalue weighted by Crippen LogP contribution is 2.28. The highest BCUT2D eigenvalue weighted by molar-refractivity contribution is 5.65. The van der Waals surface area contributed by atoms with E-state index in [2.05, 4.69) is 4.98 Å². The summed E-state index contributed by atoms with van der Waals surface area (Å²) >= 11 is 0. The molecular formula is C13H12FNO. The standard InChI is InChI=1S/C13H12FNO/c1-2-16-12-5-3-4-11(13(12)14)10-6-8-15-9-7-10/h3-9H,2H2,1H3. The zero-order valence-corrected chi connectivity index (χ0v) is 8.98. The Kier molecular flexibility index (Phi) is 3.15. The van der Waals surface area contributed by atoms with Gasteiger partial charge in [-0.05, 0) is 30.7 Å². The molecule has 0 amide bonds. The average molecular weight is 217 g/mol. The van der Waals surface area contributed by atoms with Crippen molar-refractivity contribution in [2.24, 2.45) is 0 Å². The van der Waals surface area contributed by atoms with Gasteiger partial charge in [0.2, 0.25) is 0 Å². The van der Waals surface area contributed by atoms with Crippen molar-refractivity contribution in [3.8, 4) is 16.9 Å². The number of pyridine rings is 1. The van der Waals surface area contributed by atoms with Crippen LogP contribution in [0.2, 0.25) is 0 Å². The largest absolute Gasteiger partial charge is 0.491 e. The molecule has 0 aliphatic heterocycles. The number of benzene rings is 1. The van der Waals surface area contributed by atoms with Crippen LogP contribution in [0.25, 0.3) is 11.1 Å². The third-order valence-corrected chi connectivity index (χ3v) is 2.25. The summed E-state index contributed by atoms with van der Waals surface area (Å²) in [5.74, 6) is -0.0348. The van der Waals surface area contributed by atoms with Crippen LogP contribution in [0.1, 0.15) is 6.92 Å². The van der Waals surface area contributed by atoms with Gasteiger partial charge in [-0.15, -0.1) is 0 Å². The first-order chi connectivity index (χ1) is 7.83. The molecule has 2 rings (SSSR count). The lowest BCUT2D eigenvalue weighted by Gasteiger charge is -2.08. The Morgan fingerprint density at radius 3 is 2.62 bits per heavy atom. The molecule has 1 aromatic carbocycles. The Morgan fingerprint density at radius 2 is 1.94 bits per heavy atom. The van der Waals surface area contributed by atoms with Crippen molar-refractivity contribution in [2.75, 3.05) is 6.61 Å². The van der Waals surface area contributed by atoms with Gasteiger partial charge in [0.15, 0.2) is 11.6 Å². The minimum Gasteiger partial charge on any atom is -0.491 e. The topological polar surface area (TPSA) is 22.1 Å². The SMILES string of the molecule is CCOc1cccc(-c2ccncc2)c1F. The van der Waals surface area contributed by atoms with Gasteiger partial charge >= 0.3 is 0 Å². The average Bonchev–Trinajstić information content (AvgIpc) is 2.33. The van der Waals surface area contributed by atoms with Gasteiger partial charge in [-0.1, -0.05) is 12.1 Å². The molecule has 2 aromatic rings. The number of halogens is 1. The van der Waals surface area contributed by atoms with Crippen molar-refractivity contribution in [1.82, 2.24) is 4.98 Å². The molecule has 3 heteroatoms. The van der Waals surface area contributed by atoms with E-state index in [1.165, 1.54) is 0 Å². The molecule has 0 saturated heterocycles. The fourth-order valence-electron chi connectivity index (χ4n) is 1.53. The van der Waals surface area contributed by atoms with E-state index in [0.29, 0.717) is 12.2 Å². The van der Waals surface area contributed by atoms with E-state index in [4.69, 9.17) is 4.74 Å². The Morgan fingerprint density at radius 1 is 1.19 bits per heavy atom. The van der Waals surface area contributed by atoms with Crippen LogP contribution >= 0.6 is 0 Å². The van der Waals surface area contributed by atoms with Crippen molar-refractivity contribution >= 4 is 0 Å². The van der Waals surface area contributed by atoms with Crippen LogP contribution in [0.4, 0.5) is 4.39 Å². The van der Waals surface area contributed by atoms with Crippen molar-refractivity contribution < 1.29 is 9.13 Å². The van der Waals surface area contributed by atoms with E-state index in [-0.39, 0.29) is 11.6 Å². The Hall–Kier alpha value is -1.90. The minimum atomic E-state index is -0.324. The zero-order chi connectivity index (χ0) is 11.4. The van der Waals surface area contributed by atoms with Crippen LogP contribution in [0, 0.1) is 5.82 Å². The molecular weight excluding hydrogens is 205 g/mol. The maximum Gasteiger partial charge on any atom is 0.172 e. The summed E-state index contributed by atoms with van der Waals surface area (Å²) in [6.45, 7) is 2.29. The molecule has 2 nitrogen and oxygen atoms in total. The lowest BCUT2D eigenvalue weighted by Crippen LogP contribution is -1.96. The van der Waals surface area contributed by atoms with Gasteiger partial charge in [0.1, 0.15) is 0 Å². The molecule has 0 N–H and O–H groups in total. The number of rotatable bonds is 3. The zero-order valence-electron chi connectivity index (χ0n) is 8.98. The fraction of sp³-hybridized carbons (Fsp3) is 0.154. The first-order valence-corrected chi connectivity index (χ1v) is 5.14. The van der Waals surface area contributed by atoms with Crippen LogP contribution in [-0.4, -0.2) is 11.6 Å². The maximum atomic E-state index is 14.0. The number of nitrogens with zero attached hydrogens (tertiary/aromatic N) is 1. The molecule has 1 aromatic heterocycles. The summed E-state index contributed by atoms with van der Waals surface area (Å²) in [6.07, 6.45) is 3.28. The molecule has 0 radical (unpaired) electrons. The van der Waals surface area contributed by atoms with Crippen molar-refractivity contribution in [1.29, 1.82) is 0 Å². The smallest absolute Gasteiger partial charge is 0.172 e. The van der Waals surface area contributed by atoms with Crippen LogP contribution in [0.3, 0.4) is 0 Å². The fourth-order valence-corrected chi connectivity index (χ4v) is 1.53. The van der Waals surface area contributed by atoms with Gasteiger partial charge in [0, 0.05) is 18.0 Å². The lowest BCUT2D eigenvalue weighted by molar-refractivity contribution is 0.322. The molecule has 82 valence electrons. The summed E-state index contributed by atoms with van der Waals surface area (Å²) in [5, 5.41) is 0. The number of aromatic nitrogens is 1. The Bertz CT molecular complexity index is 471. The molecule has 0 fully saturated rings. The van der Waals surface area contributed by atoms with Gasteiger partial charge in [-0.3, -0.25) is 4.98 Å². The summed E-state index contributed by atoms with van der Waals surface area (Å²) in [7, 11) is 0. The van der Waals surface area contributed by atoms with Gasteiger partial charge in [0.25, 0.3) is 0 Å². The van der Waals surface area contributed by atoms with E-state index in [1.54, 1.807) is 42.7 Å². The number of hydrogen-bond donors (Lipinski definition) is 0. The lowest BCUT2D eigenvalue weighted by atomic mass is 10.1. The second kappa shape index (κ2) is 4.75. The molecule has 0 bridgehead atoms. The van der Waals surface area contributed by atoms with E-state index in [9.17, 15) is 4.39 Å². The minimum absolute atomic E-state index is 0.289. The number of hydrogen-bond acceptors (Lipinski definition) is 2. The molecule has 0 spiro atoms. The molecule has 0 saturated carbocycles. The van der Waals surface area contributed by atoms with Crippen LogP contribution in [0.15, 0.2) is 42.7 Å². The normalized spacial score (nSPS) is 10.1. The first kappa shape index (κ1) is 10.6. The highest BCUT2D eigenvalue weighted by atomic mass is 19.1. The van der Waals surface area contributed by atoms with Gasteiger partial charge in [-0.2, -0.15) is 0 Å². The van der Waals surface area contributed by atoms with E-state index in [0.717, 1.165) is 5.56 Å². The third-order valence-electron chi connectivity index (χ3n) is 2.25. The molecule has 0 atom stereocenters. The quantitative estimate of drug-likeness (QED) is 0.787. The maximum absolute atomic E-state index is 14.0. The Labute approximate surface area is 93.7 Å². The summed E-state index contributed by atoms with van der Waals surface area (Å²) in [6, 6.07) is 8.68. The van der Waals surface area contributed by atoms with Crippen LogP contribution < -0.4 is 4.74 Å². The van der Waals surface area contributed by atoms with E-state index >= 15 is 0 Å². The number of ether oxygens (including phenoxy) is 1. The van der Waals surface area contributed by atoms with E-state index < -0.39 is 0 Å². The monoisotopic (exact) mass is 217 g/mol. The second-order valence-corrected chi connectivity index (χ2v) is 3.29. The van der Waals surface area contributed by atoms with Crippen LogP contribution in [0.5, 0.6) is 5.75 Å². The molecule has 0 unspecified atom stereocenters. The summed E-state index contributed by atoms with van der Waals surface area (Å²) in [5.41, 5.74) is 1.34. The summed E-state index contributed by atoms with van der Waals surface area (Å²) in [4.78, 5) is 3.91. The van der Waals surface area contributed by atoms with Gasteiger partial charge < -0.3 is 4.74 Å². The molecule has 0 aliphatic carbocycles. The second-order valence-electron chi connectivity index (χ2n) is 3.29. The molecule has 0 aliphatic rings. The van der Waals surface area contributed by atoms with E-state index in [1.807, 2.05) is 6.92 Å². The van der Waals surface area contributed by atoms with Gasteiger partial charge in [0.05, 0.1) is 6.61 Å². The predicted octanol–water partition coefficient (Wildman–Crippen LogP) is 3.29. The molecule has 16 heavy (non-hydrogen) atoms. The van der Waals surface area contributed by atoms with Crippen LogP contribution in [-0.2, 0) is 0 Å². The Balaban J connectivity index is 2.46. The van der Waals surface area contributed by atoms with Crippen molar-refractivity contribution in [3.63, 3.8) is 0 Å². The summed E-state index contributed by atoms with van der Waals surface area (Å²) < 4.78 is 19.2. The highest BCUT2D eigenvalue weighted by Gasteiger charge is 2.09. The van der Waals surface area contributed by atoms with Crippen molar-refractivity contribution in [3.05, 3.63) is 48.5 Å². The third kappa shape index (κ3) is 2.03. The predicted molar refractivity (Wildman–Crippen MR) is 60.8 cm³/mol. The van der Waals surface area contributed by atoms with Gasteiger partial charge in [-0.25, -0.2) is 4.39 Å².